The topological polar surface area (TPSA) is 143 Å². The third kappa shape index (κ3) is 5.07. The summed E-state index contributed by atoms with van der Waals surface area (Å²) in [6.07, 6.45) is -2.82. The van der Waals surface area contributed by atoms with Crippen molar-refractivity contribution in [3.05, 3.63) is 34.9 Å². The molecule has 1 aromatic carbocycles. The van der Waals surface area contributed by atoms with Crippen molar-refractivity contribution in [1.82, 2.24) is 15.1 Å². The van der Waals surface area contributed by atoms with Gasteiger partial charge in [0.05, 0.1) is 11.1 Å². The summed E-state index contributed by atoms with van der Waals surface area (Å²) in [6, 6.07) is 2.49. The molecule has 0 aliphatic carbocycles. The maximum absolute atomic E-state index is 12.9. The lowest BCUT2D eigenvalue weighted by Crippen LogP contribution is -2.40. The van der Waals surface area contributed by atoms with Crippen LogP contribution in [0.5, 0.6) is 5.75 Å². The number of carbonyl (C=O) groups is 1. The quantitative estimate of drug-likeness (QED) is 0.409. The molecule has 6 N–H and O–H groups in total. The maximum atomic E-state index is 12.9. The van der Waals surface area contributed by atoms with Gasteiger partial charge in [-0.1, -0.05) is 0 Å². The van der Waals surface area contributed by atoms with E-state index < -0.39 is 29.4 Å². The van der Waals surface area contributed by atoms with E-state index in [4.69, 9.17) is 11.5 Å². The van der Waals surface area contributed by atoms with E-state index in [9.17, 15) is 23.1 Å². The molecule has 0 spiro atoms. The van der Waals surface area contributed by atoms with Crippen LogP contribution < -0.4 is 16.8 Å². The zero-order valence-electron chi connectivity index (χ0n) is 17.6. The number of nitrogens with zero attached hydrogens (tertiary/aromatic N) is 4. The summed E-state index contributed by atoms with van der Waals surface area (Å²) in [5, 5.41) is 21.6. The molecule has 172 valence electrons. The molecule has 9 nitrogen and oxygen atoms in total. The average Bonchev–Trinajstić information content (AvgIpc) is 2.67. The van der Waals surface area contributed by atoms with Gasteiger partial charge in [-0.3, -0.25) is 4.79 Å². The number of aromatic nitrogens is 2. The normalized spacial score (nSPS) is 17.1. The number of anilines is 1. The summed E-state index contributed by atoms with van der Waals surface area (Å²) >= 11 is 0. The number of aliphatic imine (C=N–C) groups is 1. The molecule has 2 heterocycles. The minimum absolute atomic E-state index is 0.00137. The number of nitrogens with two attached hydrogens (primary N) is 2. The van der Waals surface area contributed by atoms with E-state index in [2.05, 4.69) is 25.4 Å². The lowest BCUT2D eigenvalue weighted by atomic mass is 9.99. The third-order valence-electron chi connectivity index (χ3n) is 5.21. The molecule has 1 atom stereocenters. The van der Waals surface area contributed by atoms with Crippen LogP contribution in [-0.2, 0) is 6.18 Å². The molecule has 0 unspecified atom stereocenters. The minimum atomic E-state index is -4.62. The Labute approximate surface area is 182 Å². The number of hydrogen-bond donors (Lipinski definition) is 4. The summed E-state index contributed by atoms with van der Waals surface area (Å²) in [5.41, 5.74) is 10.0. The lowest BCUT2D eigenvalue weighted by molar-refractivity contribution is -0.137. The highest BCUT2D eigenvalue weighted by molar-refractivity contribution is 6.06. The van der Waals surface area contributed by atoms with Gasteiger partial charge in [-0.15, -0.1) is 10.2 Å². The summed E-state index contributed by atoms with van der Waals surface area (Å²) in [7, 11) is 1.98. The van der Waals surface area contributed by atoms with Gasteiger partial charge in [0, 0.05) is 18.2 Å². The molecule has 0 radical (unpaired) electrons. The number of aromatic hydroxyl groups is 1. The number of amides is 1. The van der Waals surface area contributed by atoms with Crippen molar-refractivity contribution >= 4 is 17.7 Å². The number of nitrogens with one attached hydrogen (secondary N) is 1. The molecule has 1 fully saturated rings. The second-order valence-electron chi connectivity index (χ2n) is 7.71. The number of likely N-dealkylation sites (tertiary alicyclic amines) is 1. The van der Waals surface area contributed by atoms with Crippen molar-refractivity contribution in [3.63, 3.8) is 0 Å². The fourth-order valence-corrected chi connectivity index (χ4v) is 3.70. The Bertz CT molecular complexity index is 1050. The smallest absolute Gasteiger partial charge is 0.416 e. The van der Waals surface area contributed by atoms with E-state index in [0.717, 1.165) is 38.1 Å². The molecule has 12 heteroatoms. The Morgan fingerprint density at radius 2 is 2.03 bits per heavy atom. The van der Waals surface area contributed by atoms with Gasteiger partial charge in [0.25, 0.3) is 5.91 Å². The SMILES string of the molecule is Cc1c(-c2ccc(C(F)(F)F)cc2O)nnc(N[C@@H]2CCCN(C)C2)c1C(=O)N=C(N)N. The number of benzene rings is 1. The van der Waals surface area contributed by atoms with Crippen molar-refractivity contribution in [3.8, 4) is 17.0 Å². The highest BCUT2D eigenvalue weighted by Crippen LogP contribution is 2.38. The molecule has 1 saturated heterocycles. The van der Waals surface area contributed by atoms with Gasteiger partial charge in [0.15, 0.2) is 11.8 Å². The molecule has 0 bridgehead atoms. The Hall–Kier alpha value is -3.41. The van der Waals surface area contributed by atoms with Crippen molar-refractivity contribution in [1.29, 1.82) is 0 Å². The van der Waals surface area contributed by atoms with Crippen LogP contribution in [0.25, 0.3) is 11.3 Å². The van der Waals surface area contributed by atoms with Crippen molar-refractivity contribution < 1.29 is 23.1 Å². The zero-order chi connectivity index (χ0) is 23.6. The van der Waals surface area contributed by atoms with Crippen LogP contribution >= 0.6 is 0 Å². The van der Waals surface area contributed by atoms with Crippen LogP contribution in [-0.4, -0.2) is 58.2 Å². The van der Waals surface area contributed by atoms with Gasteiger partial charge in [0.1, 0.15) is 11.4 Å². The number of phenols is 1. The van der Waals surface area contributed by atoms with Crippen LogP contribution in [0.1, 0.15) is 34.3 Å². The number of likely N-dealkylation sites (N-methyl/N-ethyl adjacent to an activating group) is 1. The van der Waals surface area contributed by atoms with E-state index in [1.54, 1.807) is 0 Å². The molecule has 32 heavy (non-hydrogen) atoms. The summed E-state index contributed by atoms with van der Waals surface area (Å²) in [5.74, 6) is -1.72. The summed E-state index contributed by atoms with van der Waals surface area (Å²) in [4.78, 5) is 18.5. The van der Waals surface area contributed by atoms with Gasteiger partial charge < -0.3 is 26.8 Å². The Morgan fingerprint density at radius 1 is 1.31 bits per heavy atom. The molecule has 1 amide bonds. The minimum Gasteiger partial charge on any atom is -0.507 e. The van der Waals surface area contributed by atoms with Gasteiger partial charge in [0.2, 0.25) is 0 Å². The van der Waals surface area contributed by atoms with E-state index >= 15 is 0 Å². The molecule has 3 rings (SSSR count). The van der Waals surface area contributed by atoms with Crippen molar-refractivity contribution in [2.75, 3.05) is 25.5 Å². The number of phenolic OH excluding ortho intramolecular Hbond substituents is 1. The monoisotopic (exact) mass is 451 g/mol. The Balaban J connectivity index is 2.08. The first-order valence-electron chi connectivity index (χ1n) is 9.84. The van der Waals surface area contributed by atoms with Gasteiger partial charge in [-0.25, -0.2) is 0 Å². The number of guanidine groups is 1. The van der Waals surface area contributed by atoms with Gasteiger partial charge >= 0.3 is 6.18 Å². The molecule has 1 aliphatic rings. The second kappa shape index (κ2) is 8.99. The molecule has 2 aromatic rings. The highest BCUT2D eigenvalue weighted by Gasteiger charge is 2.32. The molecular weight excluding hydrogens is 427 g/mol. The van der Waals surface area contributed by atoms with E-state index in [0.29, 0.717) is 6.07 Å². The van der Waals surface area contributed by atoms with E-state index in [-0.39, 0.29) is 34.2 Å². The first-order valence-corrected chi connectivity index (χ1v) is 9.84. The predicted octanol–water partition coefficient (Wildman–Crippen LogP) is 2.10. The van der Waals surface area contributed by atoms with Crippen LogP contribution in [0.4, 0.5) is 19.0 Å². The predicted molar refractivity (Wildman–Crippen MR) is 113 cm³/mol. The van der Waals surface area contributed by atoms with Crippen LogP contribution in [0, 0.1) is 6.92 Å². The van der Waals surface area contributed by atoms with Crippen LogP contribution in [0.3, 0.4) is 0 Å². The molecule has 0 saturated carbocycles. The van der Waals surface area contributed by atoms with Crippen molar-refractivity contribution in [2.24, 2.45) is 16.5 Å². The first-order chi connectivity index (χ1) is 15.0. The molecule has 1 aromatic heterocycles. The van der Waals surface area contributed by atoms with E-state index in [1.807, 2.05) is 7.05 Å². The Morgan fingerprint density at radius 3 is 2.62 bits per heavy atom. The number of halogens is 3. The maximum Gasteiger partial charge on any atom is 0.416 e. The molecule has 1 aliphatic heterocycles. The first kappa shape index (κ1) is 23.3. The second-order valence-corrected chi connectivity index (χ2v) is 7.71. The number of carbonyl (C=O) groups excluding carboxylic acids is 1. The van der Waals surface area contributed by atoms with Crippen LogP contribution in [0.15, 0.2) is 23.2 Å². The average molecular weight is 451 g/mol. The third-order valence-corrected chi connectivity index (χ3v) is 5.21. The number of piperidine rings is 1. The standard InChI is InChI=1S/C20H24F3N7O2/c1-10-15(18(32)27-19(24)25)17(26-12-4-3-7-30(2)9-12)29-28-16(10)13-6-5-11(8-14(13)31)20(21,22)23/h5-6,8,12,31H,3-4,7,9H2,1-2H3,(H,26,29)(H4,24,25,27,32)/t12-/m1/s1. The molecular formula is C20H24F3N7O2. The summed E-state index contributed by atoms with van der Waals surface area (Å²) in [6.45, 7) is 3.21. The highest BCUT2D eigenvalue weighted by atomic mass is 19.4. The number of hydrogen-bond acceptors (Lipinski definition) is 6. The van der Waals surface area contributed by atoms with Gasteiger partial charge in [-0.05, 0) is 57.1 Å². The largest absolute Gasteiger partial charge is 0.507 e. The fourth-order valence-electron chi connectivity index (χ4n) is 3.70. The zero-order valence-corrected chi connectivity index (χ0v) is 17.6. The number of rotatable bonds is 4. The Kier molecular flexibility index (Phi) is 6.53. The van der Waals surface area contributed by atoms with Crippen molar-refractivity contribution in [2.45, 2.75) is 32.0 Å². The summed E-state index contributed by atoms with van der Waals surface area (Å²) < 4.78 is 38.8. The lowest BCUT2D eigenvalue weighted by Gasteiger charge is -2.31. The van der Waals surface area contributed by atoms with E-state index in [1.165, 1.54) is 6.92 Å². The van der Waals surface area contributed by atoms with Gasteiger partial charge in [-0.2, -0.15) is 18.2 Å². The van der Waals surface area contributed by atoms with Crippen LogP contribution in [0.2, 0.25) is 0 Å². The fraction of sp³-hybridized carbons (Fsp3) is 0.400. The number of alkyl halides is 3.